The van der Waals surface area contributed by atoms with Crippen molar-refractivity contribution in [1.82, 2.24) is 9.97 Å². The maximum absolute atomic E-state index is 11.3. The molecule has 0 aromatic carbocycles. The number of carboxylic acids is 1. The predicted molar refractivity (Wildman–Crippen MR) is 90.8 cm³/mol. The van der Waals surface area contributed by atoms with E-state index in [0.29, 0.717) is 11.5 Å². The van der Waals surface area contributed by atoms with Crippen molar-refractivity contribution in [2.24, 2.45) is 0 Å². The number of thiophene rings is 1. The number of hydrogen-bond acceptors (Lipinski definition) is 6. The van der Waals surface area contributed by atoms with Gasteiger partial charge in [-0.2, -0.15) is 0 Å². The van der Waals surface area contributed by atoms with Crippen LogP contribution in [0.15, 0.2) is 18.3 Å². The van der Waals surface area contributed by atoms with E-state index in [1.807, 2.05) is 19.1 Å². The van der Waals surface area contributed by atoms with Crippen molar-refractivity contribution in [1.29, 1.82) is 0 Å². The molecule has 1 saturated heterocycles. The SMILES string of the molecule is Cc1nccc(N2CCC3(CC2)OCCc2cc(C(=O)O)sc23)n1. The molecule has 7 heteroatoms. The molecule has 2 aromatic heterocycles. The molecule has 24 heavy (non-hydrogen) atoms. The smallest absolute Gasteiger partial charge is 0.345 e. The summed E-state index contributed by atoms with van der Waals surface area (Å²) in [5, 5.41) is 9.28. The number of hydrogen-bond donors (Lipinski definition) is 1. The zero-order valence-electron chi connectivity index (χ0n) is 13.5. The third-order valence-corrected chi connectivity index (χ3v) is 6.19. The number of rotatable bonds is 2. The van der Waals surface area contributed by atoms with Crippen LogP contribution >= 0.6 is 11.3 Å². The van der Waals surface area contributed by atoms with E-state index >= 15 is 0 Å². The highest BCUT2D eigenvalue weighted by Crippen LogP contribution is 2.45. The van der Waals surface area contributed by atoms with Crippen LogP contribution in [0.3, 0.4) is 0 Å². The molecule has 2 aromatic rings. The molecule has 0 saturated carbocycles. The molecule has 0 unspecified atom stereocenters. The summed E-state index contributed by atoms with van der Waals surface area (Å²) in [5.74, 6) is 0.873. The van der Waals surface area contributed by atoms with Gasteiger partial charge in [0.1, 0.15) is 22.1 Å². The highest BCUT2D eigenvalue weighted by Gasteiger charge is 2.43. The van der Waals surface area contributed by atoms with Crippen LogP contribution in [-0.4, -0.2) is 40.7 Å². The summed E-state index contributed by atoms with van der Waals surface area (Å²) in [6.45, 7) is 4.24. The van der Waals surface area contributed by atoms with Gasteiger partial charge in [0.15, 0.2) is 0 Å². The lowest BCUT2D eigenvalue weighted by Gasteiger charge is -2.44. The molecule has 1 N–H and O–H groups in total. The van der Waals surface area contributed by atoms with Crippen LogP contribution in [0.4, 0.5) is 5.82 Å². The Balaban J connectivity index is 1.58. The average molecular weight is 345 g/mol. The monoisotopic (exact) mass is 345 g/mol. The molecule has 0 bridgehead atoms. The molecule has 2 aliphatic heterocycles. The van der Waals surface area contributed by atoms with Crippen LogP contribution in [0.1, 0.15) is 38.8 Å². The fourth-order valence-corrected chi connectivity index (χ4v) is 4.87. The lowest BCUT2D eigenvalue weighted by Crippen LogP contribution is -2.46. The molecule has 6 nitrogen and oxygen atoms in total. The largest absolute Gasteiger partial charge is 0.477 e. The number of piperidine rings is 1. The number of nitrogens with zero attached hydrogens (tertiary/aromatic N) is 3. The minimum atomic E-state index is -0.849. The normalized spacial score (nSPS) is 19.3. The van der Waals surface area contributed by atoms with Gasteiger partial charge in [-0.15, -0.1) is 11.3 Å². The van der Waals surface area contributed by atoms with Crippen LogP contribution in [0, 0.1) is 6.92 Å². The first-order chi connectivity index (χ1) is 11.6. The van der Waals surface area contributed by atoms with E-state index < -0.39 is 5.97 Å². The van der Waals surface area contributed by atoms with E-state index in [2.05, 4.69) is 14.9 Å². The third kappa shape index (κ3) is 2.57. The topological polar surface area (TPSA) is 75.6 Å². The van der Waals surface area contributed by atoms with E-state index in [-0.39, 0.29) is 5.60 Å². The number of carbonyl (C=O) groups is 1. The Labute approximate surface area is 144 Å². The molecule has 1 spiro atoms. The van der Waals surface area contributed by atoms with Crippen molar-refractivity contribution in [2.75, 3.05) is 24.6 Å². The first-order valence-electron chi connectivity index (χ1n) is 8.12. The van der Waals surface area contributed by atoms with E-state index in [1.165, 1.54) is 11.3 Å². The van der Waals surface area contributed by atoms with Crippen molar-refractivity contribution in [3.05, 3.63) is 39.5 Å². The quantitative estimate of drug-likeness (QED) is 0.902. The van der Waals surface area contributed by atoms with E-state index in [1.54, 1.807) is 6.20 Å². The standard InChI is InChI=1S/C17H19N3O3S/c1-11-18-6-2-14(19-11)20-7-4-17(5-8-20)15-12(3-9-23-17)10-13(24-15)16(21)22/h2,6,10H,3-5,7-9H2,1H3,(H,21,22). The number of fused-ring (bicyclic) bond motifs is 2. The van der Waals surface area contributed by atoms with Gasteiger partial charge in [0, 0.05) is 24.2 Å². The molecule has 0 radical (unpaired) electrons. The van der Waals surface area contributed by atoms with Gasteiger partial charge in [-0.25, -0.2) is 14.8 Å². The second-order valence-corrected chi connectivity index (χ2v) is 7.36. The number of aromatic nitrogens is 2. The third-order valence-electron chi connectivity index (χ3n) is 4.84. The second-order valence-electron chi connectivity index (χ2n) is 6.31. The number of aryl methyl sites for hydroxylation is 1. The number of aromatic carboxylic acids is 1. The summed E-state index contributed by atoms with van der Waals surface area (Å²) >= 11 is 1.38. The summed E-state index contributed by atoms with van der Waals surface area (Å²) < 4.78 is 6.19. The van der Waals surface area contributed by atoms with Crippen LogP contribution in [-0.2, 0) is 16.8 Å². The Morgan fingerprint density at radius 2 is 2.21 bits per heavy atom. The van der Waals surface area contributed by atoms with E-state index in [9.17, 15) is 9.90 Å². The zero-order valence-corrected chi connectivity index (χ0v) is 14.3. The lowest BCUT2D eigenvalue weighted by molar-refractivity contribution is -0.0735. The van der Waals surface area contributed by atoms with E-state index in [0.717, 1.165) is 54.4 Å². The Kier molecular flexibility index (Phi) is 3.77. The molecule has 126 valence electrons. The summed E-state index contributed by atoms with van der Waals surface area (Å²) in [7, 11) is 0. The fourth-order valence-electron chi connectivity index (χ4n) is 3.62. The maximum Gasteiger partial charge on any atom is 0.345 e. The molecule has 2 aliphatic rings. The Morgan fingerprint density at radius 3 is 2.92 bits per heavy atom. The fraction of sp³-hybridized carbons (Fsp3) is 0.471. The van der Waals surface area contributed by atoms with Crippen molar-refractivity contribution in [3.8, 4) is 0 Å². The molecule has 4 heterocycles. The summed E-state index contributed by atoms with van der Waals surface area (Å²) in [6, 6.07) is 3.76. The molecule has 1 fully saturated rings. The Bertz CT molecular complexity index is 781. The van der Waals surface area contributed by atoms with Gasteiger partial charge in [-0.1, -0.05) is 0 Å². The predicted octanol–water partition coefficient (Wildman–Crippen LogP) is 2.61. The van der Waals surface area contributed by atoms with E-state index in [4.69, 9.17) is 4.74 Å². The summed E-state index contributed by atoms with van der Waals surface area (Å²) in [6.07, 6.45) is 4.29. The van der Waals surface area contributed by atoms with Crippen molar-refractivity contribution < 1.29 is 14.6 Å². The first-order valence-corrected chi connectivity index (χ1v) is 8.94. The summed E-state index contributed by atoms with van der Waals surface area (Å²) in [5.41, 5.74) is 0.819. The Hall–Kier alpha value is -1.99. The van der Waals surface area contributed by atoms with Gasteiger partial charge < -0.3 is 14.7 Å². The van der Waals surface area contributed by atoms with Gasteiger partial charge >= 0.3 is 5.97 Å². The molecular weight excluding hydrogens is 326 g/mol. The minimum Gasteiger partial charge on any atom is -0.477 e. The maximum atomic E-state index is 11.3. The zero-order chi connectivity index (χ0) is 16.7. The average Bonchev–Trinajstić information content (AvgIpc) is 3.02. The van der Waals surface area contributed by atoms with Gasteiger partial charge in [-0.05, 0) is 43.9 Å². The molecule has 0 amide bonds. The molecule has 0 aliphatic carbocycles. The molecule has 4 rings (SSSR count). The lowest BCUT2D eigenvalue weighted by atomic mass is 9.85. The second kappa shape index (κ2) is 5.82. The van der Waals surface area contributed by atoms with Crippen molar-refractivity contribution in [2.45, 2.75) is 31.8 Å². The highest BCUT2D eigenvalue weighted by molar-refractivity contribution is 7.14. The number of carboxylic acid groups (broad SMARTS) is 1. The van der Waals surface area contributed by atoms with Crippen molar-refractivity contribution >= 4 is 23.1 Å². The Morgan fingerprint density at radius 1 is 1.42 bits per heavy atom. The molecule has 0 atom stereocenters. The number of ether oxygens (including phenoxy) is 1. The van der Waals surface area contributed by atoms with Crippen LogP contribution in [0.25, 0.3) is 0 Å². The highest BCUT2D eigenvalue weighted by atomic mass is 32.1. The van der Waals surface area contributed by atoms with Gasteiger partial charge in [0.25, 0.3) is 0 Å². The molecular formula is C17H19N3O3S. The van der Waals surface area contributed by atoms with Crippen LogP contribution in [0.2, 0.25) is 0 Å². The first kappa shape index (κ1) is 15.5. The van der Waals surface area contributed by atoms with Gasteiger partial charge in [-0.3, -0.25) is 0 Å². The summed E-state index contributed by atoms with van der Waals surface area (Å²) in [4.78, 5) is 23.7. The van der Waals surface area contributed by atoms with Crippen LogP contribution in [0.5, 0.6) is 0 Å². The minimum absolute atomic E-state index is 0.329. The van der Waals surface area contributed by atoms with Gasteiger partial charge in [0.05, 0.1) is 6.61 Å². The van der Waals surface area contributed by atoms with Gasteiger partial charge in [0.2, 0.25) is 0 Å². The van der Waals surface area contributed by atoms with Crippen LogP contribution < -0.4 is 4.90 Å². The number of anilines is 1. The van der Waals surface area contributed by atoms with Crippen molar-refractivity contribution in [3.63, 3.8) is 0 Å².